The predicted molar refractivity (Wildman–Crippen MR) is 103 cm³/mol. The second kappa shape index (κ2) is 8.82. The van der Waals surface area contributed by atoms with Gasteiger partial charge in [0, 0.05) is 12.6 Å². The van der Waals surface area contributed by atoms with E-state index in [9.17, 15) is 14.7 Å². The van der Waals surface area contributed by atoms with Crippen LogP contribution in [0.3, 0.4) is 0 Å². The lowest BCUT2D eigenvalue weighted by Crippen LogP contribution is -2.49. The largest absolute Gasteiger partial charge is 0.377 e. The first-order valence-electron chi connectivity index (χ1n) is 9.78. The van der Waals surface area contributed by atoms with E-state index in [2.05, 4.69) is 28.1 Å². The molecule has 2 unspecified atom stereocenters. The zero-order valence-corrected chi connectivity index (χ0v) is 16.1. The molecule has 1 aromatic carbocycles. The highest BCUT2D eigenvalue weighted by atomic mass is 16.3. The smallest absolute Gasteiger partial charge is 0.245 e. The summed E-state index contributed by atoms with van der Waals surface area (Å²) in [6.07, 6.45) is 2.90. The van der Waals surface area contributed by atoms with Gasteiger partial charge in [-0.3, -0.25) is 14.9 Å². The number of β-amino-alcohol motifs (C(OH)–C–C–N with tert-alkyl or cyclic N) is 1. The third kappa shape index (κ3) is 4.66. The van der Waals surface area contributed by atoms with Gasteiger partial charge in [0.25, 0.3) is 0 Å². The number of nitrogens with one attached hydrogen (secondary N) is 3. The normalized spacial score (nSPS) is 24.4. The highest BCUT2D eigenvalue weighted by Crippen LogP contribution is 2.29. The molecule has 1 aliphatic heterocycles. The number of hydrogen-bond acceptors (Lipinski definition) is 5. The van der Waals surface area contributed by atoms with Gasteiger partial charge in [0.2, 0.25) is 11.8 Å². The van der Waals surface area contributed by atoms with Crippen molar-refractivity contribution in [1.29, 1.82) is 0 Å². The van der Waals surface area contributed by atoms with Crippen LogP contribution in [0.2, 0.25) is 0 Å². The van der Waals surface area contributed by atoms with Gasteiger partial charge in [-0.05, 0) is 50.8 Å². The number of rotatable bonds is 7. The van der Waals surface area contributed by atoms with Gasteiger partial charge in [-0.25, -0.2) is 0 Å². The molecule has 3 rings (SSSR count). The van der Waals surface area contributed by atoms with Crippen molar-refractivity contribution in [2.24, 2.45) is 0 Å². The van der Waals surface area contributed by atoms with Crippen LogP contribution in [-0.4, -0.2) is 60.3 Å². The Kier molecular flexibility index (Phi) is 6.46. The van der Waals surface area contributed by atoms with Gasteiger partial charge < -0.3 is 20.6 Å². The van der Waals surface area contributed by atoms with Gasteiger partial charge in [0.15, 0.2) is 0 Å². The molecule has 0 spiro atoms. The van der Waals surface area contributed by atoms with Crippen LogP contribution in [0.25, 0.3) is 0 Å². The molecule has 0 radical (unpaired) electrons. The number of likely N-dealkylation sites (tertiary alicyclic amines) is 1. The minimum absolute atomic E-state index is 0.106. The van der Waals surface area contributed by atoms with Crippen LogP contribution in [0.1, 0.15) is 43.4 Å². The molecule has 1 aromatic rings. The van der Waals surface area contributed by atoms with Crippen molar-refractivity contribution in [3.05, 3.63) is 35.4 Å². The number of aliphatic hydroxyl groups excluding tert-OH is 1. The number of hydrogen-bond donors (Lipinski definition) is 4. The van der Waals surface area contributed by atoms with Crippen molar-refractivity contribution < 1.29 is 14.7 Å². The molecule has 7 nitrogen and oxygen atoms in total. The SMILES string of the molecule is CN[C@@H](C)C(=O)N[C@H]1CCN(CC(O)NC2CCCc3ccccc32)C1=O. The number of nitrogens with zero attached hydrogens (tertiary/aromatic N) is 1. The van der Waals surface area contributed by atoms with Crippen LogP contribution in [-0.2, 0) is 16.0 Å². The van der Waals surface area contributed by atoms with Crippen molar-refractivity contribution in [3.8, 4) is 0 Å². The summed E-state index contributed by atoms with van der Waals surface area (Å²) in [5, 5.41) is 19.4. The van der Waals surface area contributed by atoms with Gasteiger partial charge in [0.1, 0.15) is 12.3 Å². The van der Waals surface area contributed by atoms with Crippen LogP contribution >= 0.6 is 0 Å². The minimum Gasteiger partial charge on any atom is -0.377 e. The van der Waals surface area contributed by atoms with E-state index in [0.717, 1.165) is 19.3 Å². The fourth-order valence-corrected chi connectivity index (χ4v) is 3.90. The number of benzene rings is 1. The number of carbonyl (C=O) groups is 2. The van der Waals surface area contributed by atoms with E-state index < -0.39 is 12.3 Å². The lowest BCUT2D eigenvalue weighted by molar-refractivity contribution is -0.134. The minimum atomic E-state index is -0.796. The van der Waals surface area contributed by atoms with Crippen LogP contribution in [0.5, 0.6) is 0 Å². The molecule has 27 heavy (non-hydrogen) atoms. The topological polar surface area (TPSA) is 93.7 Å². The zero-order valence-electron chi connectivity index (χ0n) is 16.1. The quantitative estimate of drug-likeness (QED) is 0.515. The van der Waals surface area contributed by atoms with E-state index in [4.69, 9.17) is 0 Å². The Balaban J connectivity index is 1.52. The van der Waals surface area contributed by atoms with E-state index in [-0.39, 0.29) is 30.4 Å². The van der Waals surface area contributed by atoms with Crippen molar-refractivity contribution in [2.75, 3.05) is 20.1 Å². The first-order chi connectivity index (χ1) is 13.0. The molecule has 2 amide bonds. The molecule has 1 saturated heterocycles. The summed E-state index contributed by atoms with van der Waals surface area (Å²) in [4.78, 5) is 26.1. The first kappa shape index (κ1) is 19.8. The monoisotopic (exact) mass is 374 g/mol. The Morgan fingerprint density at radius 1 is 1.30 bits per heavy atom. The maximum absolute atomic E-state index is 12.5. The number of aryl methyl sites for hydroxylation is 1. The van der Waals surface area contributed by atoms with Crippen LogP contribution < -0.4 is 16.0 Å². The average molecular weight is 374 g/mol. The van der Waals surface area contributed by atoms with Crippen LogP contribution in [0.15, 0.2) is 24.3 Å². The third-order valence-corrected chi connectivity index (χ3v) is 5.60. The number of aliphatic hydroxyl groups is 1. The molecule has 4 atom stereocenters. The van der Waals surface area contributed by atoms with Crippen molar-refractivity contribution in [3.63, 3.8) is 0 Å². The molecule has 0 bridgehead atoms. The number of likely N-dealkylation sites (N-methyl/N-ethyl adjacent to an activating group) is 1. The second-order valence-electron chi connectivity index (χ2n) is 7.47. The number of fused-ring (bicyclic) bond motifs is 1. The van der Waals surface area contributed by atoms with Crippen LogP contribution in [0.4, 0.5) is 0 Å². The molecule has 2 aliphatic rings. The van der Waals surface area contributed by atoms with E-state index in [1.165, 1.54) is 11.1 Å². The highest BCUT2D eigenvalue weighted by Gasteiger charge is 2.34. The standard InChI is InChI=1S/C20H30N4O3/c1-13(21-2)19(26)23-17-10-11-24(20(17)27)12-18(25)22-16-9-5-7-14-6-3-4-8-15(14)16/h3-4,6,8,13,16-18,21-22,25H,5,7,9-12H2,1-2H3,(H,23,26)/t13-,16?,17-,18?/m0/s1. The Labute approximate surface area is 160 Å². The Bertz CT molecular complexity index is 681. The first-order valence-corrected chi connectivity index (χ1v) is 9.78. The molecule has 0 aromatic heterocycles. The lowest BCUT2D eigenvalue weighted by atomic mass is 9.87. The molecule has 0 saturated carbocycles. The van der Waals surface area contributed by atoms with Crippen LogP contribution in [0, 0.1) is 0 Å². The Hall–Kier alpha value is -1.96. The molecule has 1 heterocycles. The summed E-state index contributed by atoms with van der Waals surface area (Å²) in [5.74, 6) is -0.313. The molecule has 148 valence electrons. The maximum Gasteiger partial charge on any atom is 0.245 e. The van der Waals surface area contributed by atoms with E-state index >= 15 is 0 Å². The van der Waals surface area contributed by atoms with Gasteiger partial charge in [0.05, 0.1) is 12.6 Å². The van der Waals surface area contributed by atoms with Gasteiger partial charge in [-0.15, -0.1) is 0 Å². The number of carbonyl (C=O) groups excluding carboxylic acids is 2. The Morgan fingerprint density at radius 3 is 2.85 bits per heavy atom. The van der Waals surface area contributed by atoms with Crippen molar-refractivity contribution >= 4 is 11.8 Å². The van der Waals surface area contributed by atoms with Gasteiger partial charge in [-0.1, -0.05) is 24.3 Å². The van der Waals surface area contributed by atoms with E-state index in [1.807, 2.05) is 12.1 Å². The number of amides is 2. The summed E-state index contributed by atoms with van der Waals surface area (Å²) in [6.45, 7) is 2.52. The fourth-order valence-electron chi connectivity index (χ4n) is 3.90. The molecule has 1 fully saturated rings. The molecular weight excluding hydrogens is 344 g/mol. The van der Waals surface area contributed by atoms with Gasteiger partial charge >= 0.3 is 0 Å². The highest BCUT2D eigenvalue weighted by molar-refractivity contribution is 5.90. The molecule has 7 heteroatoms. The fraction of sp³-hybridized carbons (Fsp3) is 0.600. The van der Waals surface area contributed by atoms with E-state index in [1.54, 1.807) is 18.9 Å². The lowest BCUT2D eigenvalue weighted by Gasteiger charge is -2.30. The van der Waals surface area contributed by atoms with Crippen molar-refractivity contribution in [1.82, 2.24) is 20.9 Å². The van der Waals surface area contributed by atoms with Crippen molar-refractivity contribution in [2.45, 2.75) is 57.0 Å². The summed E-state index contributed by atoms with van der Waals surface area (Å²) in [5.41, 5.74) is 2.56. The molecule has 1 aliphatic carbocycles. The van der Waals surface area contributed by atoms with Gasteiger partial charge in [-0.2, -0.15) is 0 Å². The summed E-state index contributed by atoms with van der Waals surface area (Å²) >= 11 is 0. The summed E-state index contributed by atoms with van der Waals surface area (Å²) in [7, 11) is 1.71. The molecular formula is C20H30N4O3. The Morgan fingerprint density at radius 2 is 2.07 bits per heavy atom. The molecule has 4 N–H and O–H groups in total. The maximum atomic E-state index is 12.5. The average Bonchev–Trinajstić information content (AvgIpc) is 3.01. The summed E-state index contributed by atoms with van der Waals surface area (Å²) in [6, 6.07) is 7.57. The summed E-state index contributed by atoms with van der Waals surface area (Å²) < 4.78 is 0. The zero-order chi connectivity index (χ0) is 19.4. The van der Waals surface area contributed by atoms with E-state index in [0.29, 0.717) is 13.0 Å². The predicted octanol–water partition coefficient (Wildman–Crippen LogP) is 0.297. The third-order valence-electron chi connectivity index (χ3n) is 5.60. The second-order valence-corrected chi connectivity index (χ2v) is 7.47.